The first-order chi connectivity index (χ1) is 7.27. The summed E-state index contributed by atoms with van der Waals surface area (Å²) in [6.45, 7) is 0. The average molecular weight is 280 g/mol. The highest BCUT2D eigenvalue weighted by atomic mass is 35.7. The summed E-state index contributed by atoms with van der Waals surface area (Å²) in [5.74, 6) is -1.44. The predicted molar refractivity (Wildman–Crippen MR) is 56.2 cm³/mol. The molecular weight excluding hydrogens is 277 g/mol. The number of aromatic carboxylic acids is 1. The van der Waals surface area contributed by atoms with Crippen molar-refractivity contribution in [1.29, 1.82) is 5.26 Å². The molecule has 0 aliphatic rings. The van der Waals surface area contributed by atoms with Gasteiger partial charge in [-0.15, -0.1) is 0 Å². The number of nitriles is 1. The Hall–Kier alpha value is -1.29. The minimum Gasteiger partial charge on any atom is -0.478 e. The third-order valence-corrected chi connectivity index (χ3v) is 3.47. The van der Waals surface area contributed by atoms with Gasteiger partial charge in [-0.2, -0.15) is 5.26 Å². The van der Waals surface area contributed by atoms with Crippen LogP contribution in [0.3, 0.4) is 0 Å². The van der Waals surface area contributed by atoms with E-state index >= 15 is 0 Å². The molecule has 84 valence electrons. The maximum absolute atomic E-state index is 11.0. The quantitative estimate of drug-likeness (QED) is 0.834. The number of halogens is 2. The molecule has 0 aliphatic heterocycles. The summed E-state index contributed by atoms with van der Waals surface area (Å²) in [5, 5.41) is 17.1. The highest BCUT2D eigenvalue weighted by Crippen LogP contribution is 2.28. The van der Waals surface area contributed by atoms with E-state index in [1.54, 1.807) is 6.07 Å². The third-order valence-electron chi connectivity index (χ3n) is 1.69. The molecular formula is C8H3Cl2NO4S. The van der Waals surface area contributed by atoms with Crippen molar-refractivity contribution in [3.63, 3.8) is 0 Å². The first-order valence-corrected chi connectivity index (χ1v) is 6.37. The number of benzene rings is 1. The van der Waals surface area contributed by atoms with Gasteiger partial charge in [-0.25, -0.2) is 13.2 Å². The molecule has 16 heavy (non-hydrogen) atoms. The molecule has 1 aromatic carbocycles. The zero-order valence-electron chi connectivity index (χ0n) is 7.44. The molecule has 0 unspecified atom stereocenters. The van der Waals surface area contributed by atoms with Crippen LogP contribution in [0, 0.1) is 11.3 Å². The predicted octanol–water partition coefficient (Wildman–Crippen LogP) is 1.84. The van der Waals surface area contributed by atoms with Crippen molar-refractivity contribution in [2.24, 2.45) is 0 Å². The Morgan fingerprint density at radius 2 is 2.00 bits per heavy atom. The van der Waals surface area contributed by atoms with E-state index in [2.05, 4.69) is 0 Å². The Balaban J connectivity index is 3.67. The standard InChI is InChI=1S/C8H3Cl2NO4S/c9-6-1-4(3-11)5(8(12)13)2-7(6)16(10,14)15/h1-2H,(H,12,13). The fourth-order valence-corrected chi connectivity index (χ4v) is 2.53. The molecule has 0 aliphatic carbocycles. The van der Waals surface area contributed by atoms with Crippen LogP contribution in [0.15, 0.2) is 17.0 Å². The summed E-state index contributed by atoms with van der Waals surface area (Å²) in [4.78, 5) is 10.2. The van der Waals surface area contributed by atoms with E-state index in [-0.39, 0.29) is 10.6 Å². The van der Waals surface area contributed by atoms with Crippen molar-refractivity contribution in [2.75, 3.05) is 0 Å². The minimum absolute atomic E-state index is 0.235. The number of hydrogen-bond acceptors (Lipinski definition) is 4. The Labute approximate surface area is 100 Å². The third kappa shape index (κ3) is 2.44. The van der Waals surface area contributed by atoms with Crippen LogP contribution in [0.5, 0.6) is 0 Å². The van der Waals surface area contributed by atoms with Crippen LogP contribution in [0.25, 0.3) is 0 Å². The monoisotopic (exact) mass is 279 g/mol. The minimum atomic E-state index is -4.15. The molecule has 0 aromatic heterocycles. The lowest BCUT2D eigenvalue weighted by atomic mass is 10.1. The number of nitrogens with zero attached hydrogens (tertiary/aromatic N) is 1. The SMILES string of the molecule is N#Cc1cc(Cl)c(S(=O)(=O)Cl)cc1C(=O)O. The fourth-order valence-electron chi connectivity index (χ4n) is 1.01. The second kappa shape index (κ2) is 4.29. The van der Waals surface area contributed by atoms with E-state index < -0.39 is 25.5 Å². The van der Waals surface area contributed by atoms with E-state index in [0.717, 1.165) is 12.1 Å². The smallest absolute Gasteiger partial charge is 0.337 e. The molecule has 0 radical (unpaired) electrons. The van der Waals surface area contributed by atoms with Gasteiger partial charge in [0.15, 0.2) is 0 Å². The van der Waals surface area contributed by atoms with Crippen molar-refractivity contribution in [3.8, 4) is 6.07 Å². The average Bonchev–Trinajstić information content (AvgIpc) is 2.14. The van der Waals surface area contributed by atoms with Gasteiger partial charge in [-0.05, 0) is 12.1 Å². The molecule has 0 atom stereocenters. The van der Waals surface area contributed by atoms with Crippen molar-refractivity contribution >= 4 is 37.3 Å². The number of carboxylic acid groups (broad SMARTS) is 1. The van der Waals surface area contributed by atoms with Gasteiger partial charge in [0.25, 0.3) is 9.05 Å². The van der Waals surface area contributed by atoms with E-state index in [0.29, 0.717) is 0 Å². The van der Waals surface area contributed by atoms with Crippen LogP contribution >= 0.6 is 22.3 Å². The highest BCUT2D eigenvalue weighted by molar-refractivity contribution is 8.13. The summed E-state index contributed by atoms with van der Waals surface area (Å²) in [6.07, 6.45) is 0. The second-order valence-electron chi connectivity index (χ2n) is 2.68. The van der Waals surface area contributed by atoms with Crippen LogP contribution in [-0.2, 0) is 9.05 Å². The van der Waals surface area contributed by atoms with Crippen LogP contribution in [0.2, 0.25) is 5.02 Å². The summed E-state index contributed by atoms with van der Waals surface area (Å²) in [5.41, 5.74) is -0.701. The van der Waals surface area contributed by atoms with Crippen molar-refractivity contribution < 1.29 is 18.3 Å². The largest absolute Gasteiger partial charge is 0.478 e. The lowest BCUT2D eigenvalue weighted by Crippen LogP contribution is -2.03. The molecule has 0 saturated carbocycles. The first-order valence-electron chi connectivity index (χ1n) is 3.69. The molecule has 1 N–H and O–H groups in total. The van der Waals surface area contributed by atoms with Gasteiger partial charge in [0.1, 0.15) is 11.0 Å². The van der Waals surface area contributed by atoms with Crippen LogP contribution in [-0.4, -0.2) is 19.5 Å². The van der Waals surface area contributed by atoms with Gasteiger partial charge in [0.2, 0.25) is 0 Å². The lowest BCUT2D eigenvalue weighted by Gasteiger charge is -2.03. The van der Waals surface area contributed by atoms with Crippen molar-refractivity contribution in [3.05, 3.63) is 28.3 Å². The highest BCUT2D eigenvalue weighted by Gasteiger charge is 2.20. The van der Waals surface area contributed by atoms with E-state index in [4.69, 9.17) is 32.7 Å². The summed E-state index contributed by atoms with van der Waals surface area (Å²) in [6, 6.07) is 3.29. The van der Waals surface area contributed by atoms with Crippen molar-refractivity contribution in [1.82, 2.24) is 0 Å². The van der Waals surface area contributed by atoms with Gasteiger partial charge in [-0.1, -0.05) is 11.6 Å². The van der Waals surface area contributed by atoms with Crippen LogP contribution in [0.1, 0.15) is 15.9 Å². The van der Waals surface area contributed by atoms with E-state index in [9.17, 15) is 13.2 Å². The number of carboxylic acids is 1. The number of rotatable bonds is 2. The van der Waals surface area contributed by atoms with Crippen LogP contribution < -0.4 is 0 Å². The Kier molecular flexibility index (Phi) is 3.43. The zero-order chi connectivity index (χ0) is 12.5. The summed E-state index contributed by atoms with van der Waals surface area (Å²) in [7, 11) is 0.901. The zero-order valence-corrected chi connectivity index (χ0v) is 9.77. The normalized spacial score (nSPS) is 10.8. The van der Waals surface area contributed by atoms with Gasteiger partial charge < -0.3 is 5.11 Å². The summed E-state index contributed by atoms with van der Waals surface area (Å²) < 4.78 is 22.1. The molecule has 0 saturated heterocycles. The van der Waals surface area contributed by atoms with E-state index in [1.165, 1.54) is 0 Å². The Morgan fingerprint density at radius 1 is 1.44 bits per heavy atom. The first kappa shape index (κ1) is 12.8. The molecule has 0 spiro atoms. The maximum atomic E-state index is 11.0. The maximum Gasteiger partial charge on any atom is 0.337 e. The molecule has 1 rings (SSSR count). The van der Waals surface area contributed by atoms with Gasteiger partial charge >= 0.3 is 5.97 Å². The molecule has 0 bridgehead atoms. The number of carbonyl (C=O) groups is 1. The van der Waals surface area contributed by atoms with E-state index in [1.807, 2.05) is 0 Å². The van der Waals surface area contributed by atoms with Gasteiger partial charge in [0, 0.05) is 10.7 Å². The molecule has 0 heterocycles. The topological polar surface area (TPSA) is 95.2 Å². The molecule has 0 amide bonds. The lowest BCUT2D eigenvalue weighted by molar-refractivity contribution is 0.0696. The number of hydrogen-bond donors (Lipinski definition) is 1. The summed E-state index contributed by atoms with van der Waals surface area (Å²) >= 11 is 5.56. The Morgan fingerprint density at radius 3 is 2.38 bits per heavy atom. The second-order valence-corrected chi connectivity index (χ2v) is 5.62. The molecule has 8 heteroatoms. The van der Waals surface area contributed by atoms with Crippen LogP contribution in [0.4, 0.5) is 0 Å². The van der Waals surface area contributed by atoms with Crippen molar-refractivity contribution in [2.45, 2.75) is 4.90 Å². The molecule has 1 aromatic rings. The van der Waals surface area contributed by atoms with Gasteiger partial charge in [-0.3, -0.25) is 0 Å². The fraction of sp³-hybridized carbons (Fsp3) is 0. The molecule has 5 nitrogen and oxygen atoms in total. The molecule has 0 fully saturated rings. The Bertz CT molecular complexity index is 603. The van der Waals surface area contributed by atoms with Gasteiger partial charge in [0.05, 0.1) is 16.1 Å².